The Labute approximate surface area is 225 Å². The molecule has 37 heavy (non-hydrogen) atoms. The molecule has 0 radical (unpaired) electrons. The summed E-state index contributed by atoms with van der Waals surface area (Å²) in [5.74, 6) is -0.833. The summed E-state index contributed by atoms with van der Waals surface area (Å²) in [7, 11) is 0. The van der Waals surface area contributed by atoms with Crippen LogP contribution in [0.3, 0.4) is 0 Å². The third-order valence-corrected chi connectivity index (χ3v) is 8.08. The number of benzene rings is 2. The molecule has 0 saturated heterocycles. The number of nitriles is 1. The lowest BCUT2D eigenvalue weighted by molar-refractivity contribution is -0.114. The minimum atomic E-state index is -0.528. The first-order chi connectivity index (χ1) is 17.8. The van der Waals surface area contributed by atoms with Crippen molar-refractivity contribution < 1.29 is 9.59 Å². The summed E-state index contributed by atoms with van der Waals surface area (Å²) in [5.41, 5.74) is 6.07. The lowest BCUT2D eigenvalue weighted by Gasteiger charge is -2.29. The zero-order chi connectivity index (χ0) is 26.5. The first kappa shape index (κ1) is 26.3. The summed E-state index contributed by atoms with van der Waals surface area (Å²) in [6, 6.07) is 19.7. The van der Waals surface area contributed by atoms with E-state index in [2.05, 4.69) is 22.0 Å². The number of nitrogens with one attached hydrogen (secondary N) is 3. The average Bonchev–Trinajstić information content (AvgIpc) is 3.40. The van der Waals surface area contributed by atoms with Crippen molar-refractivity contribution in [1.29, 1.82) is 5.26 Å². The highest BCUT2D eigenvalue weighted by atomic mass is 32.2. The SMILES string of the molecule is CC1=C(C(=O)Nc2ccccc2C)C(c2cccs2)C(C#N)=C(SCC(=O)Nc2cc(C)ccc2C)N1. The Morgan fingerprint density at radius 3 is 2.46 bits per heavy atom. The number of allylic oxidation sites excluding steroid dienone is 2. The van der Waals surface area contributed by atoms with Gasteiger partial charge in [0.25, 0.3) is 5.91 Å². The number of carbonyl (C=O) groups is 2. The van der Waals surface area contributed by atoms with Gasteiger partial charge >= 0.3 is 0 Å². The maximum Gasteiger partial charge on any atom is 0.254 e. The summed E-state index contributed by atoms with van der Waals surface area (Å²) < 4.78 is 0. The fraction of sp³-hybridized carbons (Fsp3) is 0.207. The Balaban J connectivity index is 1.59. The van der Waals surface area contributed by atoms with Gasteiger partial charge in [0, 0.05) is 27.5 Å². The van der Waals surface area contributed by atoms with Crippen LogP contribution in [0.4, 0.5) is 11.4 Å². The van der Waals surface area contributed by atoms with E-state index >= 15 is 0 Å². The molecule has 2 aromatic carbocycles. The van der Waals surface area contributed by atoms with Gasteiger partial charge in [-0.15, -0.1) is 11.3 Å². The van der Waals surface area contributed by atoms with Gasteiger partial charge in [0.2, 0.25) is 5.91 Å². The molecule has 2 heterocycles. The number of thiophene rings is 1. The second-order valence-corrected chi connectivity index (χ2v) is 10.9. The molecule has 1 unspecified atom stereocenters. The van der Waals surface area contributed by atoms with Crippen LogP contribution < -0.4 is 16.0 Å². The van der Waals surface area contributed by atoms with Gasteiger partial charge in [-0.3, -0.25) is 9.59 Å². The number of dihydropyridines is 1. The summed E-state index contributed by atoms with van der Waals surface area (Å²) >= 11 is 2.76. The van der Waals surface area contributed by atoms with Crippen molar-refractivity contribution in [3.05, 3.63) is 103 Å². The number of amides is 2. The number of anilines is 2. The van der Waals surface area contributed by atoms with E-state index in [4.69, 9.17) is 0 Å². The third kappa shape index (κ3) is 5.96. The lowest BCUT2D eigenvalue weighted by Crippen LogP contribution is -2.31. The molecule has 1 atom stereocenters. The van der Waals surface area contributed by atoms with Crippen LogP contribution in [0.25, 0.3) is 0 Å². The van der Waals surface area contributed by atoms with Gasteiger partial charge in [-0.25, -0.2) is 0 Å². The molecule has 0 spiro atoms. The van der Waals surface area contributed by atoms with Gasteiger partial charge < -0.3 is 16.0 Å². The van der Waals surface area contributed by atoms with E-state index in [1.54, 1.807) is 0 Å². The van der Waals surface area contributed by atoms with Crippen LogP contribution in [0.5, 0.6) is 0 Å². The molecule has 0 fully saturated rings. The molecule has 8 heteroatoms. The molecule has 2 amide bonds. The van der Waals surface area contributed by atoms with Gasteiger partial charge in [-0.05, 0) is 68.0 Å². The maximum absolute atomic E-state index is 13.5. The van der Waals surface area contributed by atoms with Crippen molar-refractivity contribution in [3.8, 4) is 6.07 Å². The highest BCUT2D eigenvalue weighted by Crippen LogP contribution is 2.42. The Kier molecular flexibility index (Phi) is 8.17. The lowest BCUT2D eigenvalue weighted by atomic mass is 9.86. The topological polar surface area (TPSA) is 94.0 Å². The van der Waals surface area contributed by atoms with Crippen molar-refractivity contribution in [2.45, 2.75) is 33.6 Å². The van der Waals surface area contributed by atoms with Crippen LogP contribution in [-0.4, -0.2) is 17.6 Å². The second-order valence-electron chi connectivity index (χ2n) is 8.89. The molecule has 0 aliphatic carbocycles. The fourth-order valence-corrected chi connectivity index (χ4v) is 5.90. The molecule has 6 nitrogen and oxygen atoms in total. The number of carbonyl (C=O) groups excluding carboxylic acids is 2. The largest absolute Gasteiger partial charge is 0.353 e. The quantitative estimate of drug-likeness (QED) is 0.331. The van der Waals surface area contributed by atoms with Crippen molar-refractivity contribution in [1.82, 2.24) is 5.32 Å². The predicted octanol–water partition coefficient (Wildman–Crippen LogP) is 6.38. The van der Waals surface area contributed by atoms with Crippen LogP contribution in [0, 0.1) is 32.1 Å². The first-order valence-corrected chi connectivity index (χ1v) is 13.7. The normalized spacial score (nSPS) is 15.2. The predicted molar refractivity (Wildman–Crippen MR) is 152 cm³/mol. The molecule has 0 saturated carbocycles. The van der Waals surface area contributed by atoms with E-state index in [1.807, 2.05) is 87.7 Å². The number of hydrogen-bond acceptors (Lipinski definition) is 6. The molecule has 4 rings (SSSR count). The van der Waals surface area contributed by atoms with E-state index < -0.39 is 5.92 Å². The molecule has 3 N–H and O–H groups in total. The van der Waals surface area contributed by atoms with Crippen LogP contribution in [0.15, 0.2) is 81.8 Å². The van der Waals surface area contributed by atoms with E-state index in [1.165, 1.54) is 23.1 Å². The van der Waals surface area contributed by atoms with Crippen molar-refractivity contribution in [2.75, 3.05) is 16.4 Å². The Morgan fingerprint density at radius 1 is 1.00 bits per heavy atom. The number of aryl methyl sites for hydroxylation is 3. The van der Waals surface area contributed by atoms with Gasteiger partial charge in [-0.2, -0.15) is 5.26 Å². The minimum Gasteiger partial charge on any atom is -0.353 e. The second kappa shape index (κ2) is 11.5. The summed E-state index contributed by atoms with van der Waals surface area (Å²) in [6.07, 6.45) is 0. The highest BCUT2D eigenvalue weighted by molar-refractivity contribution is 8.03. The van der Waals surface area contributed by atoms with Gasteiger partial charge in [0.1, 0.15) is 0 Å². The van der Waals surface area contributed by atoms with Crippen molar-refractivity contribution in [2.24, 2.45) is 0 Å². The van der Waals surface area contributed by atoms with E-state index in [-0.39, 0.29) is 17.6 Å². The number of hydrogen-bond donors (Lipinski definition) is 3. The zero-order valence-electron chi connectivity index (χ0n) is 21.1. The number of para-hydroxylation sites is 1. The van der Waals surface area contributed by atoms with Gasteiger partial charge in [-0.1, -0.05) is 48.2 Å². The van der Waals surface area contributed by atoms with Crippen LogP contribution >= 0.6 is 23.1 Å². The van der Waals surface area contributed by atoms with E-state index in [9.17, 15) is 14.9 Å². The standard InChI is InChI=1S/C29H28N4O2S2/c1-17-11-12-19(3)23(14-17)32-25(34)16-37-29-21(15-30)27(24-10-7-13-36-24)26(20(4)31-29)28(35)33-22-9-6-5-8-18(22)2/h5-14,27,31H,16H2,1-4H3,(H,32,34)(H,33,35). The Hall–Kier alpha value is -3.80. The molecule has 1 aliphatic heterocycles. The van der Waals surface area contributed by atoms with E-state index in [0.717, 1.165) is 32.9 Å². The number of nitrogens with zero attached hydrogens (tertiary/aromatic N) is 1. The number of thioether (sulfide) groups is 1. The summed E-state index contributed by atoms with van der Waals surface area (Å²) in [5, 5.41) is 21.9. The molecule has 3 aromatic rings. The van der Waals surface area contributed by atoms with Crippen molar-refractivity contribution >= 4 is 46.3 Å². The minimum absolute atomic E-state index is 0.121. The van der Waals surface area contributed by atoms with Gasteiger partial charge in [0.15, 0.2) is 0 Å². The zero-order valence-corrected chi connectivity index (χ0v) is 22.8. The fourth-order valence-electron chi connectivity index (χ4n) is 4.16. The van der Waals surface area contributed by atoms with Gasteiger partial charge in [0.05, 0.1) is 28.3 Å². The molecule has 0 bridgehead atoms. The molecular weight excluding hydrogens is 500 g/mol. The smallest absolute Gasteiger partial charge is 0.254 e. The van der Waals surface area contributed by atoms with Crippen LogP contribution in [0.1, 0.15) is 34.4 Å². The third-order valence-electron chi connectivity index (χ3n) is 6.13. The highest BCUT2D eigenvalue weighted by Gasteiger charge is 2.35. The van der Waals surface area contributed by atoms with Crippen LogP contribution in [0.2, 0.25) is 0 Å². The van der Waals surface area contributed by atoms with Crippen LogP contribution in [-0.2, 0) is 9.59 Å². The summed E-state index contributed by atoms with van der Waals surface area (Å²) in [6.45, 7) is 7.70. The molecular formula is C29H28N4O2S2. The molecule has 188 valence electrons. The average molecular weight is 529 g/mol. The van der Waals surface area contributed by atoms with E-state index in [0.29, 0.717) is 21.9 Å². The first-order valence-electron chi connectivity index (χ1n) is 11.8. The number of rotatable bonds is 7. The summed E-state index contributed by atoms with van der Waals surface area (Å²) in [4.78, 5) is 27.2. The Bertz CT molecular complexity index is 1450. The monoisotopic (exact) mass is 528 g/mol. The van der Waals surface area contributed by atoms with Crippen molar-refractivity contribution in [3.63, 3.8) is 0 Å². The molecule has 1 aromatic heterocycles. The molecule has 1 aliphatic rings. The Morgan fingerprint density at radius 2 is 1.76 bits per heavy atom. The maximum atomic E-state index is 13.5.